The van der Waals surface area contributed by atoms with Gasteiger partial charge in [0, 0.05) is 44.8 Å². The van der Waals surface area contributed by atoms with Crippen molar-refractivity contribution in [3.05, 3.63) is 0 Å². The Morgan fingerprint density at radius 1 is 0.450 bits per heavy atom. The van der Waals surface area contributed by atoms with Gasteiger partial charge in [-0.15, -0.1) is 0 Å². The second-order valence-electron chi connectivity index (χ2n) is 27.2. The van der Waals surface area contributed by atoms with E-state index in [4.69, 9.17) is 58.9 Å². The maximum Gasteiger partial charge on any atom is 0.482 e. The fourth-order valence-electron chi connectivity index (χ4n) is 16.9. The van der Waals surface area contributed by atoms with Gasteiger partial charge in [0.2, 0.25) is 0 Å². The van der Waals surface area contributed by atoms with E-state index in [-0.39, 0.29) is 83.9 Å². The van der Waals surface area contributed by atoms with E-state index in [1.807, 2.05) is 6.92 Å². The highest BCUT2D eigenvalue weighted by Gasteiger charge is 2.88. The number of hydrogen-bond acceptors (Lipinski definition) is 18. The fourth-order valence-corrected chi connectivity index (χ4v) is 73.0. The summed E-state index contributed by atoms with van der Waals surface area (Å²) in [6.07, 6.45) is 27.0. The van der Waals surface area contributed by atoms with Crippen molar-refractivity contribution in [2.75, 3.05) is 19.8 Å². The summed E-state index contributed by atoms with van der Waals surface area (Å²) in [6, 6.07) is 0.221. The van der Waals surface area contributed by atoms with Crippen LogP contribution in [0.4, 0.5) is 0 Å². The van der Waals surface area contributed by atoms with Crippen LogP contribution in [0, 0.1) is 16.7 Å². The minimum Gasteiger partial charge on any atom is -0.481 e. The normalized spacial score (nSPS) is 41.4. The zero-order valence-electron chi connectivity index (χ0n) is 48.4. The average Bonchev–Trinajstić information content (AvgIpc) is 3.73. The molecule has 0 amide bonds. The van der Waals surface area contributed by atoms with E-state index in [1.54, 1.807) is 20.8 Å². The summed E-state index contributed by atoms with van der Waals surface area (Å²) in [4.78, 5) is 40.7. The molecule has 13 rings (SSSR count). The smallest absolute Gasteiger partial charge is 0.481 e. The second-order valence-corrected chi connectivity index (χ2v) is 53.0. The summed E-state index contributed by atoms with van der Waals surface area (Å²) in [7, 11) is -33.2. The molecule has 3 unspecified atom stereocenters. The Labute approximate surface area is 483 Å². The van der Waals surface area contributed by atoms with E-state index in [1.165, 1.54) is 0 Å². The van der Waals surface area contributed by atoms with Crippen LogP contribution in [0.5, 0.6) is 0 Å². The summed E-state index contributed by atoms with van der Waals surface area (Å²) in [5.74, 6) is -3.13. The number of ether oxygens (including phenoxy) is 2. The molecule has 3 atom stereocenters. The van der Waals surface area contributed by atoms with Crippen molar-refractivity contribution in [3.8, 4) is 0 Å². The van der Waals surface area contributed by atoms with E-state index >= 15 is 0 Å². The van der Waals surface area contributed by atoms with Gasteiger partial charge < -0.3 is 69.1 Å². The maximum absolute atomic E-state index is 14.7. The van der Waals surface area contributed by atoms with Crippen molar-refractivity contribution < 1.29 is 83.5 Å². The Bertz CT molecular complexity index is 2060. The van der Waals surface area contributed by atoms with Gasteiger partial charge in [0.1, 0.15) is 6.61 Å². The molecule has 8 bridgehead atoms. The van der Waals surface area contributed by atoms with Crippen LogP contribution in [0.25, 0.3) is 0 Å². The monoisotopic (exact) mass is 1260 g/mol. The number of carbonyl (C=O) groups excluding carboxylic acids is 2. The molecule has 7 aliphatic carbocycles. The van der Waals surface area contributed by atoms with Gasteiger partial charge in [-0.1, -0.05) is 104 Å². The molecule has 0 aromatic heterocycles. The van der Waals surface area contributed by atoms with Gasteiger partial charge in [-0.05, 0) is 129 Å². The van der Waals surface area contributed by atoms with Crippen molar-refractivity contribution in [1.82, 2.24) is 0 Å². The summed E-state index contributed by atoms with van der Waals surface area (Å²) >= 11 is 0. The Balaban J connectivity index is 1.01. The first-order chi connectivity index (χ1) is 38.4. The summed E-state index contributed by atoms with van der Waals surface area (Å²) < 4.78 is 114. The lowest BCUT2D eigenvalue weighted by molar-refractivity contribution is -0.166. The molecule has 13 aliphatic rings. The molecule has 6 saturated heterocycles. The molecule has 80 heavy (non-hydrogen) atoms. The molecular weight excluding hydrogens is 1170 g/mol. The second kappa shape index (κ2) is 23.3. The fraction of sp³-hybridized carbons (Fsp3) is 0.943. The standard InChI is InChI=1S/C53H94O19Si8/c1-5-52(3,40-53(4,39-41(2)49(55)56)51(58)60-37-35-54)50(57)59-36-20-38-73-61-74(42-21-6-7-22-42)64-77(45-27-12-13-28-45)66-75(62-73,43-23-8-9-24-43)68-79(47-31-16-17-32-47)69-76(63-73,44-25-10-11-26-44)67-78(65-74,46-29-14-15-30-46)71-80(70-77,72-79)48-33-18-19-34-48/h41-48,54H,5-40H2,1-4H3,(H,55,56). The molecule has 6 heterocycles. The molecule has 13 fully saturated rings. The van der Waals surface area contributed by atoms with E-state index in [9.17, 15) is 24.6 Å². The number of rotatable bonds is 21. The van der Waals surface area contributed by atoms with Gasteiger partial charge >= 0.3 is 88.3 Å². The van der Waals surface area contributed by atoms with Crippen molar-refractivity contribution in [2.24, 2.45) is 16.7 Å². The number of hydrogen-bond donors (Lipinski definition) is 2. The molecular formula is C53H94O19Si8. The molecule has 0 aromatic carbocycles. The first-order valence-corrected chi connectivity index (χ1v) is 46.6. The molecule has 0 aromatic rings. The molecule has 27 heteroatoms. The summed E-state index contributed by atoms with van der Waals surface area (Å²) in [5, 5.41) is 19.5. The lowest BCUT2D eigenvalue weighted by Crippen LogP contribution is -2.90. The highest BCUT2D eigenvalue weighted by molar-refractivity contribution is 7.04. The number of carboxylic acids is 1. The van der Waals surface area contributed by atoms with Crippen LogP contribution in [0.3, 0.4) is 0 Å². The van der Waals surface area contributed by atoms with Crippen LogP contribution in [0.1, 0.15) is 233 Å². The minimum absolute atomic E-state index is 0.0209. The number of aliphatic carboxylic acids is 1. The lowest BCUT2D eigenvalue weighted by Gasteiger charge is -2.66. The maximum atomic E-state index is 14.7. The zero-order valence-corrected chi connectivity index (χ0v) is 56.4. The van der Waals surface area contributed by atoms with Gasteiger partial charge in [-0.2, -0.15) is 0 Å². The van der Waals surface area contributed by atoms with Gasteiger partial charge in [-0.3, -0.25) is 14.4 Å². The van der Waals surface area contributed by atoms with Crippen LogP contribution in [-0.2, 0) is 73.2 Å². The van der Waals surface area contributed by atoms with E-state index in [0.29, 0.717) is 6.42 Å². The molecule has 0 spiro atoms. The Morgan fingerprint density at radius 2 is 0.713 bits per heavy atom. The molecule has 0 radical (unpaired) electrons. The number of aliphatic hydroxyl groups is 1. The Morgan fingerprint density at radius 3 is 0.975 bits per heavy atom. The van der Waals surface area contributed by atoms with E-state index in [2.05, 4.69) is 0 Å². The van der Waals surface area contributed by atoms with Crippen LogP contribution in [0.15, 0.2) is 0 Å². The van der Waals surface area contributed by atoms with Crippen LogP contribution in [-0.4, -0.2) is 118 Å². The third-order valence-corrected chi connectivity index (χ3v) is 61.0. The highest BCUT2D eigenvalue weighted by Crippen LogP contribution is 2.66. The molecule has 452 valence electrons. The van der Waals surface area contributed by atoms with Crippen LogP contribution in [0.2, 0.25) is 44.8 Å². The number of carboxylic acid groups (broad SMARTS) is 1. The van der Waals surface area contributed by atoms with Crippen molar-refractivity contribution >= 4 is 88.3 Å². The van der Waals surface area contributed by atoms with Crippen LogP contribution >= 0.6 is 0 Å². The number of carbonyl (C=O) groups is 3. The first kappa shape index (κ1) is 59.9. The largest absolute Gasteiger partial charge is 0.482 e. The predicted molar refractivity (Wildman–Crippen MR) is 306 cm³/mol. The van der Waals surface area contributed by atoms with E-state index in [0.717, 1.165) is 180 Å². The zero-order chi connectivity index (χ0) is 55.7. The third kappa shape index (κ3) is 10.9. The lowest BCUT2D eigenvalue weighted by atomic mass is 9.68. The molecule has 6 aliphatic heterocycles. The van der Waals surface area contributed by atoms with Gasteiger partial charge in [-0.25, -0.2) is 0 Å². The van der Waals surface area contributed by atoms with Crippen molar-refractivity contribution in [3.63, 3.8) is 0 Å². The molecule has 2 N–H and O–H groups in total. The first-order valence-electron chi connectivity index (χ1n) is 32.0. The van der Waals surface area contributed by atoms with Gasteiger partial charge in [0.25, 0.3) is 0 Å². The topological polar surface area (TPSA) is 221 Å². The van der Waals surface area contributed by atoms with Gasteiger partial charge in [0.05, 0.1) is 30.0 Å². The Hall–Kier alpha value is -0.375. The predicted octanol–water partition coefficient (Wildman–Crippen LogP) is 11.8. The van der Waals surface area contributed by atoms with Crippen molar-refractivity contribution in [2.45, 2.75) is 278 Å². The Kier molecular flexibility index (Phi) is 17.4. The average molecular weight is 1260 g/mol. The number of esters is 2. The molecule has 19 nitrogen and oxygen atoms in total. The van der Waals surface area contributed by atoms with Crippen LogP contribution < -0.4 is 0 Å². The highest BCUT2D eigenvalue weighted by atomic mass is 28.6. The molecule has 7 saturated carbocycles. The summed E-state index contributed by atoms with van der Waals surface area (Å²) in [6.45, 7) is 6.19. The number of aliphatic hydroxyl groups excluding tert-OH is 1. The quantitative estimate of drug-likeness (QED) is 0.0619. The van der Waals surface area contributed by atoms with Crippen molar-refractivity contribution in [1.29, 1.82) is 0 Å². The SMILES string of the molecule is CCC(C)(CC(C)(CC(C)C(=O)O)C(=O)OCCO)C(=O)OCCC[Si]12O[Si]3(C4CCCC4)O[Si]4(C5CCCC5)O[Si](C5CCCC5)(O1)O[Si]1(C5CCCC5)O[Si](C5CCCC5)(O2)O[Si](C2CCCC2)(O3)O[Si](C2CCCC2)(O4)O1. The summed E-state index contributed by atoms with van der Waals surface area (Å²) in [5.41, 5.74) is -3.11. The minimum atomic E-state index is -4.34. The third-order valence-electron chi connectivity index (χ3n) is 21.3. The van der Waals surface area contributed by atoms with Gasteiger partial charge in [0.15, 0.2) is 0 Å². The van der Waals surface area contributed by atoms with E-state index < -0.39 is 105 Å².